The second-order valence-corrected chi connectivity index (χ2v) is 2.79. The average molecular weight is 188 g/mol. The molecule has 70 valence electrons. The van der Waals surface area contributed by atoms with Crippen LogP contribution in [0.5, 0.6) is 0 Å². The number of benzene rings is 1. The molecule has 0 aliphatic carbocycles. The molecule has 0 aliphatic rings. The Kier molecular flexibility index (Phi) is 3.28. The molecule has 0 aromatic heterocycles. The average Bonchev–Trinajstić information content (AvgIpc) is 2.10. The zero-order valence-electron chi connectivity index (χ0n) is 7.70. The van der Waals surface area contributed by atoms with Crippen molar-refractivity contribution in [3.63, 3.8) is 0 Å². The zero-order chi connectivity index (χ0) is 10.6. The smallest absolute Gasteiger partial charge is 0.307 e. The highest BCUT2D eigenvalue weighted by molar-refractivity contribution is 6.32. The summed E-state index contributed by atoms with van der Waals surface area (Å²) in [7, 11) is 5.53. The van der Waals surface area contributed by atoms with Gasteiger partial charge in [-0.1, -0.05) is 17.6 Å². The molecule has 0 spiro atoms. The molecule has 0 atom stereocenters. The number of urea groups is 1. The lowest BCUT2D eigenvalue weighted by Crippen LogP contribution is -2.27. The van der Waals surface area contributed by atoms with Gasteiger partial charge in [0.15, 0.2) is 0 Å². The number of carbonyl (C=O) groups is 2. The van der Waals surface area contributed by atoms with Gasteiger partial charge in [0.1, 0.15) is 7.85 Å². The molecule has 2 N–H and O–H groups in total. The molecule has 4 nitrogen and oxygen atoms in total. The monoisotopic (exact) mass is 188 g/mol. The standard InChI is InChI=1S/C9H9BN2O2/c1-6-4-7(10)2-3-8(6)12-9(14)11-5-13/h2-5H,1H3,(H2,11,12,13,14). The van der Waals surface area contributed by atoms with Crippen LogP contribution in [0, 0.1) is 6.92 Å². The molecule has 0 unspecified atom stereocenters. The van der Waals surface area contributed by atoms with E-state index in [1.165, 1.54) is 0 Å². The van der Waals surface area contributed by atoms with E-state index < -0.39 is 6.03 Å². The van der Waals surface area contributed by atoms with Crippen LogP contribution in [0.4, 0.5) is 10.5 Å². The third kappa shape index (κ3) is 2.62. The number of nitrogens with one attached hydrogen (secondary N) is 2. The Hall–Kier alpha value is -1.78. The van der Waals surface area contributed by atoms with E-state index in [-0.39, 0.29) is 0 Å². The number of hydrogen-bond donors (Lipinski definition) is 2. The molecule has 0 fully saturated rings. The molecule has 0 heterocycles. The first-order chi connectivity index (χ1) is 6.63. The fourth-order valence-electron chi connectivity index (χ4n) is 1.04. The first kappa shape index (κ1) is 10.3. The molecule has 2 radical (unpaired) electrons. The lowest BCUT2D eigenvalue weighted by Gasteiger charge is -2.07. The van der Waals surface area contributed by atoms with E-state index in [1.807, 2.05) is 12.2 Å². The lowest BCUT2D eigenvalue weighted by molar-refractivity contribution is -0.108. The van der Waals surface area contributed by atoms with Crippen LogP contribution in [0.25, 0.3) is 0 Å². The van der Waals surface area contributed by atoms with Crippen LogP contribution in [-0.4, -0.2) is 20.3 Å². The van der Waals surface area contributed by atoms with Gasteiger partial charge >= 0.3 is 6.03 Å². The van der Waals surface area contributed by atoms with Crippen LogP contribution in [0.15, 0.2) is 18.2 Å². The van der Waals surface area contributed by atoms with Crippen molar-refractivity contribution in [1.82, 2.24) is 5.32 Å². The number of carbonyl (C=O) groups excluding carboxylic acids is 2. The molecule has 0 aliphatic heterocycles. The molecule has 1 rings (SSSR count). The lowest BCUT2D eigenvalue weighted by atomic mass is 9.94. The fraction of sp³-hybridized carbons (Fsp3) is 0.111. The Morgan fingerprint density at radius 3 is 2.79 bits per heavy atom. The number of imide groups is 1. The Morgan fingerprint density at radius 1 is 1.50 bits per heavy atom. The van der Waals surface area contributed by atoms with Crippen molar-refractivity contribution in [2.24, 2.45) is 0 Å². The number of aryl methyl sites for hydroxylation is 1. The molecule has 0 saturated carbocycles. The van der Waals surface area contributed by atoms with Gasteiger partial charge in [-0.15, -0.1) is 0 Å². The maximum absolute atomic E-state index is 11.0. The minimum absolute atomic E-state index is 0.321. The Bertz CT molecular complexity index is 366. The molecule has 3 amide bonds. The fourth-order valence-corrected chi connectivity index (χ4v) is 1.04. The van der Waals surface area contributed by atoms with Gasteiger partial charge in [-0.05, 0) is 18.6 Å². The zero-order valence-corrected chi connectivity index (χ0v) is 7.70. The van der Waals surface area contributed by atoms with Crippen LogP contribution >= 0.6 is 0 Å². The van der Waals surface area contributed by atoms with Crippen LogP contribution in [0.2, 0.25) is 0 Å². The first-order valence-electron chi connectivity index (χ1n) is 4.01. The maximum Gasteiger partial charge on any atom is 0.325 e. The van der Waals surface area contributed by atoms with E-state index in [9.17, 15) is 9.59 Å². The summed E-state index contributed by atoms with van der Waals surface area (Å²) >= 11 is 0. The number of amides is 3. The second kappa shape index (κ2) is 4.46. The topological polar surface area (TPSA) is 58.2 Å². The van der Waals surface area contributed by atoms with Gasteiger partial charge in [0.25, 0.3) is 0 Å². The molecule has 1 aromatic rings. The van der Waals surface area contributed by atoms with Crippen molar-refractivity contribution >= 4 is 31.4 Å². The van der Waals surface area contributed by atoms with E-state index in [1.54, 1.807) is 18.2 Å². The summed E-state index contributed by atoms with van der Waals surface area (Å²) in [4.78, 5) is 20.9. The van der Waals surface area contributed by atoms with Gasteiger partial charge in [0.2, 0.25) is 6.41 Å². The van der Waals surface area contributed by atoms with E-state index in [0.717, 1.165) is 5.56 Å². The van der Waals surface area contributed by atoms with Gasteiger partial charge < -0.3 is 5.32 Å². The highest BCUT2D eigenvalue weighted by atomic mass is 16.2. The van der Waals surface area contributed by atoms with Crippen molar-refractivity contribution in [2.45, 2.75) is 6.92 Å². The predicted octanol–water partition coefficient (Wildman–Crippen LogP) is 0.0667. The molecule has 1 aromatic carbocycles. The van der Waals surface area contributed by atoms with Crippen molar-refractivity contribution in [1.29, 1.82) is 0 Å². The Balaban J connectivity index is 2.76. The number of rotatable bonds is 2. The van der Waals surface area contributed by atoms with Gasteiger partial charge in [0, 0.05) is 5.69 Å². The third-order valence-corrected chi connectivity index (χ3v) is 1.69. The summed E-state index contributed by atoms with van der Waals surface area (Å²) in [6, 6.07) is 4.52. The van der Waals surface area contributed by atoms with E-state index in [0.29, 0.717) is 17.6 Å². The largest absolute Gasteiger partial charge is 0.325 e. The molecule has 5 heteroatoms. The van der Waals surface area contributed by atoms with E-state index in [2.05, 4.69) is 5.32 Å². The molecule has 0 saturated heterocycles. The summed E-state index contributed by atoms with van der Waals surface area (Å²) in [6.45, 7) is 1.81. The van der Waals surface area contributed by atoms with E-state index >= 15 is 0 Å². The third-order valence-electron chi connectivity index (χ3n) is 1.69. The van der Waals surface area contributed by atoms with Gasteiger partial charge in [-0.3, -0.25) is 10.1 Å². The first-order valence-corrected chi connectivity index (χ1v) is 4.01. The van der Waals surface area contributed by atoms with Crippen LogP contribution in [0.1, 0.15) is 5.56 Å². The van der Waals surface area contributed by atoms with Gasteiger partial charge in [0.05, 0.1) is 0 Å². The maximum atomic E-state index is 11.0. The molecule has 0 bridgehead atoms. The van der Waals surface area contributed by atoms with Crippen LogP contribution in [0.3, 0.4) is 0 Å². The Morgan fingerprint density at radius 2 is 2.21 bits per heavy atom. The highest BCUT2D eigenvalue weighted by Crippen LogP contribution is 2.11. The molecular formula is C9H9BN2O2. The van der Waals surface area contributed by atoms with Crippen LogP contribution < -0.4 is 16.1 Å². The predicted molar refractivity (Wildman–Crippen MR) is 54.8 cm³/mol. The summed E-state index contributed by atoms with van der Waals surface area (Å²) < 4.78 is 0. The summed E-state index contributed by atoms with van der Waals surface area (Å²) in [5.74, 6) is 0. The summed E-state index contributed by atoms with van der Waals surface area (Å²) in [5.41, 5.74) is 2.09. The summed E-state index contributed by atoms with van der Waals surface area (Å²) in [5, 5.41) is 4.48. The van der Waals surface area contributed by atoms with Gasteiger partial charge in [-0.25, -0.2) is 4.79 Å². The number of anilines is 1. The van der Waals surface area contributed by atoms with Crippen molar-refractivity contribution in [3.8, 4) is 0 Å². The SMILES string of the molecule is [B]c1ccc(NC(=O)NC=O)c(C)c1. The number of hydrogen-bond acceptors (Lipinski definition) is 2. The highest BCUT2D eigenvalue weighted by Gasteiger charge is 2.02. The quantitative estimate of drug-likeness (QED) is 0.509. The van der Waals surface area contributed by atoms with E-state index in [4.69, 9.17) is 7.85 Å². The van der Waals surface area contributed by atoms with Crippen molar-refractivity contribution in [2.75, 3.05) is 5.32 Å². The van der Waals surface area contributed by atoms with Crippen molar-refractivity contribution < 1.29 is 9.59 Å². The normalized spacial score (nSPS) is 9.21. The molecular weight excluding hydrogens is 179 g/mol. The van der Waals surface area contributed by atoms with Gasteiger partial charge in [-0.2, -0.15) is 0 Å². The van der Waals surface area contributed by atoms with Crippen LogP contribution in [-0.2, 0) is 4.79 Å². The summed E-state index contributed by atoms with van der Waals surface area (Å²) in [6.07, 6.45) is 0.321. The van der Waals surface area contributed by atoms with Crippen molar-refractivity contribution in [3.05, 3.63) is 23.8 Å². The minimum atomic E-state index is -0.562. The molecule has 14 heavy (non-hydrogen) atoms. The Labute approximate surface area is 83.1 Å². The second-order valence-electron chi connectivity index (χ2n) is 2.79. The minimum Gasteiger partial charge on any atom is -0.307 e.